The Balaban J connectivity index is 1.31. The third-order valence-electron chi connectivity index (χ3n) is 4.99. The molecule has 0 spiro atoms. The Morgan fingerprint density at radius 1 is 1.13 bits per heavy atom. The predicted molar refractivity (Wildman–Crippen MR) is 106 cm³/mol. The van der Waals surface area contributed by atoms with E-state index in [9.17, 15) is 18.8 Å². The zero-order valence-electron chi connectivity index (χ0n) is 16.3. The number of carbonyl (C=O) groups excluding carboxylic acids is 3. The minimum Gasteiger partial charge on any atom is -0.444 e. The molecule has 2 aliphatic heterocycles. The number of hydrogen-bond donors (Lipinski definition) is 1. The smallest absolute Gasteiger partial charge is 0.414 e. The molecule has 0 aromatic heterocycles. The first kappa shape index (κ1) is 19.8. The topological polar surface area (TPSA) is 88.2 Å². The number of hydrogen-bond acceptors (Lipinski definition) is 6. The summed E-state index contributed by atoms with van der Waals surface area (Å²) in [7, 11) is 0. The molecule has 9 heteroatoms. The zero-order chi connectivity index (χ0) is 21.3. The molecular formula is C21H20FN3O5. The van der Waals surface area contributed by atoms with E-state index in [1.807, 2.05) is 6.92 Å². The van der Waals surface area contributed by atoms with Crippen molar-refractivity contribution < 1.29 is 28.3 Å². The Hall–Kier alpha value is -3.46. The standard InChI is InChI=1S/C21H20FN3O5/c1-2-14-12-24(21(28)30-14)13-7-8-18(17(22)11-13)23-9-10-29-25-19(26)15-5-3-4-6-16(15)20(25)27/h3-8,11,14,23H,2,9-10,12H2,1H3/t14-/m0/s1. The number of fused-ring (bicyclic) bond motifs is 1. The lowest BCUT2D eigenvalue weighted by molar-refractivity contribution is -0.0874. The molecule has 0 unspecified atom stereocenters. The first-order valence-electron chi connectivity index (χ1n) is 9.62. The second-order valence-electron chi connectivity index (χ2n) is 6.90. The molecule has 1 saturated heterocycles. The van der Waals surface area contributed by atoms with Crippen molar-refractivity contribution >= 4 is 29.3 Å². The molecule has 1 atom stereocenters. The van der Waals surface area contributed by atoms with E-state index < -0.39 is 23.7 Å². The van der Waals surface area contributed by atoms with E-state index in [2.05, 4.69) is 5.32 Å². The Morgan fingerprint density at radius 2 is 1.83 bits per heavy atom. The lowest BCUT2D eigenvalue weighted by Crippen LogP contribution is -2.31. The summed E-state index contributed by atoms with van der Waals surface area (Å²) < 4.78 is 19.6. The quantitative estimate of drug-likeness (QED) is 0.554. The summed E-state index contributed by atoms with van der Waals surface area (Å²) in [6.07, 6.45) is 0.00578. The molecule has 0 aliphatic carbocycles. The number of nitrogens with zero attached hydrogens (tertiary/aromatic N) is 2. The van der Waals surface area contributed by atoms with Gasteiger partial charge in [0.2, 0.25) is 0 Å². The van der Waals surface area contributed by atoms with Crippen LogP contribution in [0.4, 0.5) is 20.6 Å². The summed E-state index contributed by atoms with van der Waals surface area (Å²) >= 11 is 0. The van der Waals surface area contributed by atoms with Crippen LogP contribution < -0.4 is 10.2 Å². The minimum atomic E-state index is -0.541. The number of halogens is 1. The monoisotopic (exact) mass is 413 g/mol. The summed E-state index contributed by atoms with van der Waals surface area (Å²) in [5, 5.41) is 3.57. The van der Waals surface area contributed by atoms with Crippen LogP contribution in [0.3, 0.4) is 0 Å². The number of hydroxylamine groups is 2. The van der Waals surface area contributed by atoms with Crippen LogP contribution in [0, 0.1) is 5.82 Å². The number of cyclic esters (lactones) is 1. The number of anilines is 2. The van der Waals surface area contributed by atoms with Crippen molar-refractivity contribution in [1.82, 2.24) is 5.06 Å². The molecule has 0 radical (unpaired) electrons. The van der Waals surface area contributed by atoms with Crippen LogP contribution in [0.15, 0.2) is 42.5 Å². The zero-order valence-corrected chi connectivity index (χ0v) is 16.3. The van der Waals surface area contributed by atoms with Gasteiger partial charge in [0.25, 0.3) is 11.8 Å². The average Bonchev–Trinajstić information content (AvgIpc) is 3.24. The van der Waals surface area contributed by atoms with Gasteiger partial charge in [0.15, 0.2) is 0 Å². The van der Waals surface area contributed by atoms with Crippen molar-refractivity contribution in [3.05, 3.63) is 59.4 Å². The van der Waals surface area contributed by atoms with E-state index in [1.165, 1.54) is 17.0 Å². The van der Waals surface area contributed by atoms with Gasteiger partial charge < -0.3 is 10.1 Å². The molecule has 156 valence electrons. The lowest BCUT2D eigenvalue weighted by Gasteiger charge is -2.16. The van der Waals surface area contributed by atoms with Gasteiger partial charge in [-0.05, 0) is 36.8 Å². The van der Waals surface area contributed by atoms with E-state index in [-0.39, 0.29) is 24.9 Å². The van der Waals surface area contributed by atoms with Gasteiger partial charge >= 0.3 is 6.09 Å². The first-order valence-corrected chi connectivity index (χ1v) is 9.62. The number of benzene rings is 2. The SMILES string of the molecule is CC[C@H]1CN(c2ccc(NCCON3C(=O)c4ccccc4C3=O)c(F)c2)C(=O)O1. The molecule has 3 amide bonds. The molecule has 2 aromatic carbocycles. The number of ether oxygens (including phenoxy) is 1. The second kappa shape index (κ2) is 8.11. The van der Waals surface area contributed by atoms with E-state index in [0.29, 0.717) is 29.8 Å². The van der Waals surface area contributed by atoms with E-state index in [4.69, 9.17) is 9.57 Å². The van der Waals surface area contributed by atoms with Gasteiger partial charge in [-0.2, -0.15) is 0 Å². The third kappa shape index (κ3) is 3.59. The molecule has 2 aromatic rings. The van der Waals surface area contributed by atoms with Crippen molar-refractivity contribution in [2.45, 2.75) is 19.4 Å². The molecule has 8 nitrogen and oxygen atoms in total. The molecule has 0 bridgehead atoms. The molecular weight excluding hydrogens is 393 g/mol. The summed E-state index contributed by atoms with van der Waals surface area (Å²) in [5.41, 5.74) is 1.22. The van der Waals surface area contributed by atoms with Crippen LogP contribution >= 0.6 is 0 Å². The average molecular weight is 413 g/mol. The van der Waals surface area contributed by atoms with Crippen molar-refractivity contribution in [2.24, 2.45) is 0 Å². The van der Waals surface area contributed by atoms with Gasteiger partial charge in [-0.3, -0.25) is 19.3 Å². The summed E-state index contributed by atoms with van der Waals surface area (Å²) in [4.78, 5) is 43.0. The first-order chi connectivity index (χ1) is 14.5. The Kier molecular flexibility index (Phi) is 5.37. The van der Waals surface area contributed by atoms with Crippen molar-refractivity contribution in [2.75, 3.05) is 29.9 Å². The van der Waals surface area contributed by atoms with Crippen LogP contribution in [0.2, 0.25) is 0 Å². The minimum absolute atomic E-state index is 0.0245. The number of nitrogens with one attached hydrogen (secondary N) is 1. The number of imide groups is 1. The van der Waals surface area contributed by atoms with E-state index in [0.717, 1.165) is 5.06 Å². The fraction of sp³-hybridized carbons (Fsp3) is 0.286. The van der Waals surface area contributed by atoms with Crippen LogP contribution in [-0.2, 0) is 9.57 Å². The van der Waals surface area contributed by atoms with Gasteiger partial charge in [0.1, 0.15) is 11.9 Å². The van der Waals surface area contributed by atoms with Crippen molar-refractivity contribution in [3.63, 3.8) is 0 Å². The second-order valence-corrected chi connectivity index (χ2v) is 6.90. The highest BCUT2D eigenvalue weighted by atomic mass is 19.1. The van der Waals surface area contributed by atoms with Gasteiger partial charge in [0, 0.05) is 6.54 Å². The van der Waals surface area contributed by atoms with E-state index in [1.54, 1.807) is 30.3 Å². The van der Waals surface area contributed by atoms with Crippen LogP contribution in [-0.4, -0.2) is 48.8 Å². The molecule has 0 saturated carbocycles. The molecule has 30 heavy (non-hydrogen) atoms. The van der Waals surface area contributed by atoms with Gasteiger partial charge in [0.05, 0.1) is 35.7 Å². The third-order valence-corrected chi connectivity index (χ3v) is 4.99. The van der Waals surface area contributed by atoms with E-state index >= 15 is 0 Å². The summed E-state index contributed by atoms with van der Waals surface area (Å²) in [6.45, 7) is 2.44. The number of rotatable bonds is 7. The summed E-state index contributed by atoms with van der Waals surface area (Å²) in [6, 6.07) is 10.9. The molecule has 4 rings (SSSR count). The molecule has 1 N–H and O–H groups in total. The van der Waals surface area contributed by atoms with Gasteiger partial charge in [-0.1, -0.05) is 19.1 Å². The Morgan fingerprint density at radius 3 is 2.43 bits per heavy atom. The summed E-state index contributed by atoms with van der Waals surface area (Å²) in [5.74, 6) is -1.58. The maximum Gasteiger partial charge on any atom is 0.414 e. The predicted octanol–water partition coefficient (Wildman–Crippen LogP) is 3.20. The number of amides is 3. The highest BCUT2D eigenvalue weighted by Gasteiger charge is 2.36. The normalized spacial score (nSPS) is 18.1. The maximum absolute atomic E-state index is 14.4. The fourth-order valence-electron chi connectivity index (χ4n) is 3.37. The lowest BCUT2D eigenvalue weighted by atomic mass is 10.1. The molecule has 2 aliphatic rings. The maximum atomic E-state index is 14.4. The molecule has 1 fully saturated rings. The van der Waals surface area contributed by atoms with Crippen molar-refractivity contribution in [3.8, 4) is 0 Å². The van der Waals surface area contributed by atoms with Crippen LogP contribution in [0.25, 0.3) is 0 Å². The Bertz CT molecular complexity index is 977. The largest absolute Gasteiger partial charge is 0.444 e. The highest BCUT2D eigenvalue weighted by molar-refractivity contribution is 6.20. The number of carbonyl (C=O) groups is 3. The fourth-order valence-corrected chi connectivity index (χ4v) is 3.37. The van der Waals surface area contributed by atoms with Crippen LogP contribution in [0.5, 0.6) is 0 Å². The Labute approximate surface area is 172 Å². The molecule has 2 heterocycles. The van der Waals surface area contributed by atoms with Gasteiger partial charge in [-0.25, -0.2) is 9.18 Å². The van der Waals surface area contributed by atoms with Crippen molar-refractivity contribution in [1.29, 1.82) is 0 Å². The highest BCUT2D eigenvalue weighted by Crippen LogP contribution is 2.27. The van der Waals surface area contributed by atoms with Gasteiger partial charge in [-0.15, -0.1) is 5.06 Å². The van der Waals surface area contributed by atoms with Crippen LogP contribution in [0.1, 0.15) is 34.1 Å².